The number of hydrogen-bond acceptors (Lipinski definition) is 4. The number of thiazole rings is 1. The van der Waals surface area contributed by atoms with Crippen LogP contribution in [0.2, 0.25) is 0 Å². The van der Waals surface area contributed by atoms with Crippen LogP contribution in [0.25, 0.3) is 0 Å². The van der Waals surface area contributed by atoms with Crippen molar-refractivity contribution in [3.8, 4) is 0 Å². The molecule has 0 spiro atoms. The quantitative estimate of drug-likeness (QED) is 0.771. The largest absolute Gasteiger partial charge is 0.480 e. The molecule has 0 radical (unpaired) electrons. The predicted molar refractivity (Wildman–Crippen MR) is 72.6 cm³/mol. The summed E-state index contributed by atoms with van der Waals surface area (Å²) in [5, 5.41) is 14.6. The summed E-state index contributed by atoms with van der Waals surface area (Å²) in [6, 6.07) is -1.36. The van der Waals surface area contributed by atoms with Crippen LogP contribution in [-0.4, -0.2) is 28.1 Å². The third-order valence-corrected chi connectivity index (χ3v) is 4.07. The van der Waals surface area contributed by atoms with Crippen LogP contribution in [0.15, 0.2) is 0 Å². The van der Waals surface area contributed by atoms with E-state index < -0.39 is 18.0 Å². The fourth-order valence-corrected chi connectivity index (χ4v) is 3.13. The number of aromatic nitrogens is 1. The minimum Gasteiger partial charge on any atom is -0.480 e. The zero-order valence-corrected chi connectivity index (χ0v) is 11.5. The highest BCUT2D eigenvalue weighted by Gasteiger charge is 2.21. The lowest BCUT2D eigenvalue weighted by molar-refractivity contribution is -0.139. The Bertz CT molecular complexity index is 465. The van der Waals surface area contributed by atoms with E-state index in [-0.39, 0.29) is 0 Å². The first-order valence-corrected chi connectivity index (χ1v) is 7.20. The Hall–Kier alpha value is -1.63. The van der Waals surface area contributed by atoms with E-state index in [1.807, 2.05) is 6.92 Å². The number of carboxylic acid groups (broad SMARTS) is 1. The molecule has 6 nitrogen and oxygen atoms in total. The van der Waals surface area contributed by atoms with E-state index >= 15 is 0 Å². The Morgan fingerprint density at radius 2 is 2.26 bits per heavy atom. The Morgan fingerprint density at radius 1 is 1.47 bits per heavy atom. The van der Waals surface area contributed by atoms with Crippen LogP contribution in [0.5, 0.6) is 0 Å². The number of nitrogens with one attached hydrogen (secondary N) is 2. The van der Waals surface area contributed by atoms with Crippen molar-refractivity contribution >= 4 is 28.5 Å². The van der Waals surface area contributed by atoms with Crippen molar-refractivity contribution < 1.29 is 14.7 Å². The number of carbonyl (C=O) groups excluding carboxylic acids is 1. The van der Waals surface area contributed by atoms with Crippen LogP contribution in [0.4, 0.5) is 9.93 Å². The van der Waals surface area contributed by atoms with Crippen LogP contribution in [0, 0.1) is 0 Å². The molecule has 0 aromatic carbocycles. The maximum absolute atomic E-state index is 11.7. The number of carboxylic acids is 1. The lowest BCUT2D eigenvalue weighted by Gasteiger charge is -2.13. The summed E-state index contributed by atoms with van der Waals surface area (Å²) < 4.78 is 0. The molecule has 1 aliphatic carbocycles. The van der Waals surface area contributed by atoms with Crippen molar-refractivity contribution in [3.63, 3.8) is 0 Å². The maximum atomic E-state index is 11.7. The number of aliphatic carboxylic acids is 1. The van der Waals surface area contributed by atoms with Gasteiger partial charge >= 0.3 is 12.0 Å². The predicted octanol–water partition coefficient (Wildman–Crippen LogP) is 2.01. The van der Waals surface area contributed by atoms with Crippen LogP contribution in [-0.2, 0) is 17.6 Å². The molecule has 1 aromatic heterocycles. The van der Waals surface area contributed by atoms with Gasteiger partial charge in [0.05, 0.1) is 5.69 Å². The molecular formula is C12H17N3O3S. The number of carbonyl (C=O) groups is 2. The highest BCUT2D eigenvalue weighted by Crippen LogP contribution is 2.30. The molecule has 1 aliphatic rings. The normalized spacial score (nSPS) is 14.8. The molecule has 19 heavy (non-hydrogen) atoms. The molecule has 2 rings (SSSR count). The fourth-order valence-electron chi connectivity index (χ4n) is 2.08. The smallest absolute Gasteiger partial charge is 0.326 e. The van der Waals surface area contributed by atoms with Gasteiger partial charge in [0.25, 0.3) is 0 Å². The van der Waals surface area contributed by atoms with Crippen molar-refractivity contribution in [3.05, 3.63) is 10.6 Å². The minimum atomic E-state index is -1.02. The Balaban J connectivity index is 1.91. The van der Waals surface area contributed by atoms with E-state index in [0.29, 0.717) is 18.0 Å². The second-order valence-electron chi connectivity index (χ2n) is 4.52. The Morgan fingerprint density at radius 3 is 2.89 bits per heavy atom. The third-order valence-electron chi connectivity index (χ3n) is 3.00. The van der Waals surface area contributed by atoms with Gasteiger partial charge in [-0.3, -0.25) is 5.32 Å². The molecule has 0 saturated heterocycles. The molecule has 2 amide bonds. The van der Waals surface area contributed by atoms with Crippen molar-refractivity contribution in [1.82, 2.24) is 10.3 Å². The van der Waals surface area contributed by atoms with Crippen LogP contribution in [0.1, 0.15) is 36.8 Å². The topological polar surface area (TPSA) is 91.3 Å². The van der Waals surface area contributed by atoms with Gasteiger partial charge in [-0.15, -0.1) is 11.3 Å². The standard InChI is InChI=1S/C12H17N3O3S/c1-2-4-8(10(16)17)13-11(18)15-12-14-7-5-3-6-9(7)19-12/h8H,2-6H2,1H3,(H,16,17)(H2,13,14,15,18). The summed E-state index contributed by atoms with van der Waals surface area (Å²) in [6.07, 6.45) is 4.21. The monoisotopic (exact) mass is 283 g/mol. The lowest BCUT2D eigenvalue weighted by atomic mass is 10.2. The number of anilines is 1. The van der Waals surface area contributed by atoms with Gasteiger partial charge in [0.1, 0.15) is 6.04 Å². The number of hydrogen-bond donors (Lipinski definition) is 3. The van der Waals surface area contributed by atoms with Crippen LogP contribution < -0.4 is 10.6 Å². The summed E-state index contributed by atoms with van der Waals surface area (Å²) in [5.74, 6) is -1.02. The fraction of sp³-hybridized carbons (Fsp3) is 0.583. The van der Waals surface area contributed by atoms with Gasteiger partial charge in [-0.1, -0.05) is 13.3 Å². The van der Waals surface area contributed by atoms with Gasteiger partial charge in [0.2, 0.25) is 0 Å². The number of amides is 2. The van der Waals surface area contributed by atoms with Crippen molar-refractivity contribution in [2.24, 2.45) is 0 Å². The molecule has 3 N–H and O–H groups in total. The van der Waals surface area contributed by atoms with E-state index in [1.54, 1.807) is 0 Å². The molecule has 1 aromatic rings. The average molecular weight is 283 g/mol. The number of rotatable bonds is 5. The van der Waals surface area contributed by atoms with E-state index in [2.05, 4.69) is 15.6 Å². The average Bonchev–Trinajstić information content (AvgIpc) is 2.88. The van der Waals surface area contributed by atoms with Gasteiger partial charge in [-0.2, -0.15) is 0 Å². The summed E-state index contributed by atoms with van der Waals surface area (Å²) >= 11 is 1.47. The summed E-state index contributed by atoms with van der Waals surface area (Å²) in [7, 11) is 0. The summed E-state index contributed by atoms with van der Waals surface area (Å²) in [6.45, 7) is 1.88. The van der Waals surface area contributed by atoms with E-state index in [0.717, 1.165) is 25.0 Å². The second-order valence-corrected chi connectivity index (χ2v) is 5.60. The molecule has 1 heterocycles. The maximum Gasteiger partial charge on any atom is 0.326 e. The van der Waals surface area contributed by atoms with Crippen molar-refractivity contribution in [2.45, 2.75) is 45.1 Å². The van der Waals surface area contributed by atoms with E-state index in [9.17, 15) is 9.59 Å². The van der Waals surface area contributed by atoms with E-state index in [4.69, 9.17) is 5.11 Å². The first-order chi connectivity index (χ1) is 9.10. The molecule has 0 bridgehead atoms. The first-order valence-electron chi connectivity index (χ1n) is 6.39. The van der Waals surface area contributed by atoms with Gasteiger partial charge in [-0.05, 0) is 25.7 Å². The molecule has 0 saturated carbocycles. The number of fused-ring (bicyclic) bond motifs is 1. The highest BCUT2D eigenvalue weighted by molar-refractivity contribution is 7.15. The SMILES string of the molecule is CCCC(NC(=O)Nc1nc2c(s1)CCC2)C(=O)O. The number of aryl methyl sites for hydroxylation is 2. The molecular weight excluding hydrogens is 266 g/mol. The molecule has 1 atom stereocenters. The molecule has 0 fully saturated rings. The number of nitrogens with zero attached hydrogens (tertiary/aromatic N) is 1. The van der Waals surface area contributed by atoms with Gasteiger partial charge in [0, 0.05) is 4.88 Å². The van der Waals surface area contributed by atoms with Gasteiger partial charge in [0.15, 0.2) is 5.13 Å². The summed E-state index contributed by atoms with van der Waals surface area (Å²) in [4.78, 5) is 28.2. The first kappa shape index (κ1) is 13.8. The summed E-state index contributed by atoms with van der Waals surface area (Å²) in [5.41, 5.74) is 1.06. The van der Waals surface area contributed by atoms with Crippen molar-refractivity contribution in [1.29, 1.82) is 0 Å². The minimum absolute atomic E-state index is 0.414. The van der Waals surface area contributed by atoms with E-state index in [1.165, 1.54) is 16.2 Å². The third kappa shape index (κ3) is 3.44. The molecule has 1 unspecified atom stereocenters. The Labute approximate surface area is 115 Å². The molecule has 7 heteroatoms. The second kappa shape index (κ2) is 6.01. The lowest BCUT2D eigenvalue weighted by Crippen LogP contribution is -2.42. The van der Waals surface area contributed by atoms with Crippen molar-refractivity contribution in [2.75, 3.05) is 5.32 Å². The highest BCUT2D eigenvalue weighted by atomic mass is 32.1. The molecule has 104 valence electrons. The zero-order chi connectivity index (χ0) is 13.8. The van der Waals surface area contributed by atoms with Gasteiger partial charge < -0.3 is 10.4 Å². The Kier molecular flexibility index (Phi) is 4.36. The zero-order valence-electron chi connectivity index (χ0n) is 10.7. The number of urea groups is 1. The molecule has 0 aliphatic heterocycles. The van der Waals surface area contributed by atoms with Gasteiger partial charge in [-0.25, -0.2) is 14.6 Å². The van der Waals surface area contributed by atoms with Crippen LogP contribution in [0.3, 0.4) is 0 Å². The van der Waals surface area contributed by atoms with Crippen LogP contribution >= 0.6 is 11.3 Å².